The summed E-state index contributed by atoms with van der Waals surface area (Å²) < 4.78 is 0. The molecule has 23 heavy (non-hydrogen) atoms. The Hall–Kier alpha value is -1.86. The van der Waals surface area contributed by atoms with Crippen molar-refractivity contribution in [3.8, 4) is 0 Å². The largest absolute Gasteiger partial charge is 0.338 e. The van der Waals surface area contributed by atoms with Crippen molar-refractivity contribution in [1.29, 1.82) is 0 Å². The zero-order valence-corrected chi connectivity index (χ0v) is 14.4. The molecule has 3 heterocycles. The fraction of sp³-hybridized carbons (Fsp3) is 0.375. The Morgan fingerprint density at radius 3 is 2.35 bits per heavy atom. The van der Waals surface area contributed by atoms with Crippen LogP contribution in [0.1, 0.15) is 14.5 Å². The Bertz CT molecular complexity index is 632. The van der Waals surface area contributed by atoms with Gasteiger partial charge in [0.05, 0.1) is 4.88 Å². The number of urea groups is 1. The van der Waals surface area contributed by atoms with Gasteiger partial charge in [0, 0.05) is 37.6 Å². The first-order valence-electron chi connectivity index (χ1n) is 7.62. The van der Waals surface area contributed by atoms with Crippen molar-refractivity contribution in [3.05, 3.63) is 44.8 Å². The van der Waals surface area contributed by atoms with E-state index in [-0.39, 0.29) is 11.9 Å². The smallest absolute Gasteiger partial charge is 0.317 e. The van der Waals surface area contributed by atoms with Crippen LogP contribution in [0.15, 0.2) is 35.0 Å². The van der Waals surface area contributed by atoms with Crippen LogP contribution in [0.4, 0.5) is 4.79 Å². The molecule has 0 unspecified atom stereocenters. The molecule has 1 aliphatic rings. The molecular formula is C16H19N3O2S2. The first kappa shape index (κ1) is 16.0. The van der Waals surface area contributed by atoms with Crippen molar-refractivity contribution in [2.75, 3.05) is 32.7 Å². The third kappa shape index (κ3) is 4.11. The number of hydrogen-bond donors (Lipinski definition) is 1. The van der Waals surface area contributed by atoms with Gasteiger partial charge in [-0.3, -0.25) is 4.79 Å². The zero-order valence-electron chi connectivity index (χ0n) is 12.7. The van der Waals surface area contributed by atoms with Crippen LogP contribution in [0.3, 0.4) is 0 Å². The van der Waals surface area contributed by atoms with Crippen LogP contribution >= 0.6 is 22.7 Å². The fourth-order valence-corrected chi connectivity index (χ4v) is 3.93. The molecule has 0 bridgehead atoms. The molecule has 2 aromatic heterocycles. The van der Waals surface area contributed by atoms with Gasteiger partial charge in [-0.15, -0.1) is 22.7 Å². The van der Waals surface area contributed by atoms with E-state index in [4.69, 9.17) is 0 Å². The van der Waals surface area contributed by atoms with E-state index in [0.29, 0.717) is 32.7 Å². The fourth-order valence-electron chi connectivity index (χ4n) is 2.53. The zero-order chi connectivity index (χ0) is 16.1. The third-order valence-corrected chi connectivity index (χ3v) is 5.61. The first-order valence-corrected chi connectivity index (χ1v) is 9.38. The number of hydrogen-bond acceptors (Lipinski definition) is 4. The van der Waals surface area contributed by atoms with Crippen LogP contribution in [-0.4, -0.2) is 54.5 Å². The van der Waals surface area contributed by atoms with Crippen molar-refractivity contribution in [2.45, 2.75) is 6.42 Å². The van der Waals surface area contributed by atoms with Crippen molar-refractivity contribution in [1.82, 2.24) is 15.1 Å². The second-order valence-corrected chi connectivity index (χ2v) is 7.30. The molecule has 0 aromatic carbocycles. The summed E-state index contributed by atoms with van der Waals surface area (Å²) in [6.07, 6.45) is 0.861. The van der Waals surface area contributed by atoms with Crippen LogP contribution in [0.2, 0.25) is 0 Å². The van der Waals surface area contributed by atoms with E-state index < -0.39 is 0 Å². The normalized spacial score (nSPS) is 14.8. The molecule has 3 rings (SSSR count). The number of rotatable bonds is 4. The summed E-state index contributed by atoms with van der Waals surface area (Å²) in [6, 6.07) is 7.79. The Kier molecular flexibility index (Phi) is 5.30. The van der Waals surface area contributed by atoms with Gasteiger partial charge in [-0.05, 0) is 29.3 Å². The summed E-state index contributed by atoms with van der Waals surface area (Å²) in [5.74, 6) is 0.0674. The third-order valence-electron chi connectivity index (χ3n) is 3.81. The summed E-state index contributed by atoms with van der Waals surface area (Å²) in [6.45, 7) is 3.00. The van der Waals surface area contributed by atoms with Gasteiger partial charge in [-0.1, -0.05) is 12.1 Å². The molecule has 3 amide bonds. The van der Waals surface area contributed by atoms with E-state index in [1.165, 1.54) is 16.2 Å². The van der Waals surface area contributed by atoms with Crippen LogP contribution in [0, 0.1) is 0 Å². The predicted octanol–water partition coefficient (Wildman–Crippen LogP) is 2.52. The molecule has 0 saturated carbocycles. The van der Waals surface area contributed by atoms with E-state index in [1.807, 2.05) is 33.9 Å². The van der Waals surface area contributed by atoms with Crippen molar-refractivity contribution in [2.24, 2.45) is 0 Å². The van der Waals surface area contributed by atoms with Gasteiger partial charge < -0.3 is 15.1 Å². The van der Waals surface area contributed by atoms with Crippen LogP contribution in [-0.2, 0) is 6.42 Å². The molecule has 5 nitrogen and oxygen atoms in total. The molecule has 1 aliphatic heterocycles. The molecule has 0 spiro atoms. The monoisotopic (exact) mass is 349 g/mol. The van der Waals surface area contributed by atoms with Crippen LogP contribution in [0.5, 0.6) is 0 Å². The number of nitrogens with zero attached hydrogens (tertiary/aromatic N) is 2. The first-order chi connectivity index (χ1) is 11.2. The topological polar surface area (TPSA) is 52.7 Å². The van der Waals surface area contributed by atoms with E-state index in [1.54, 1.807) is 16.2 Å². The van der Waals surface area contributed by atoms with E-state index in [9.17, 15) is 9.59 Å². The second-order valence-electron chi connectivity index (χ2n) is 5.32. The molecular weight excluding hydrogens is 330 g/mol. The minimum atomic E-state index is -0.0372. The Morgan fingerprint density at radius 1 is 1.00 bits per heavy atom. The molecule has 122 valence electrons. The maximum absolute atomic E-state index is 12.3. The minimum absolute atomic E-state index is 0.0372. The average molecular weight is 349 g/mol. The predicted molar refractivity (Wildman–Crippen MR) is 93.2 cm³/mol. The molecule has 0 atom stereocenters. The lowest BCUT2D eigenvalue weighted by Gasteiger charge is -2.34. The average Bonchev–Trinajstić information content (AvgIpc) is 3.28. The lowest BCUT2D eigenvalue weighted by molar-refractivity contribution is 0.0670. The highest BCUT2D eigenvalue weighted by Crippen LogP contribution is 2.14. The molecule has 7 heteroatoms. The molecule has 1 saturated heterocycles. The lowest BCUT2D eigenvalue weighted by atomic mass is 10.3. The van der Waals surface area contributed by atoms with Crippen LogP contribution < -0.4 is 5.32 Å². The molecule has 0 radical (unpaired) electrons. The maximum Gasteiger partial charge on any atom is 0.317 e. The number of carbonyl (C=O) groups is 2. The Balaban J connectivity index is 1.41. The van der Waals surface area contributed by atoms with Crippen LogP contribution in [0.25, 0.3) is 0 Å². The summed E-state index contributed by atoms with van der Waals surface area (Å²) in [7, 11) is 0. The molecule has 2 aromatic rings. The summed E-state index contributed by atoms with van der Waals surface area (Å²) in [5, 5.41) is 6.90. The summed E-state index contributed by atoms with van der Waals surface area (Å²) in [5.41, 5.74) is 0. The van der Waals surface area contributed by atoms with Gasteiger partial charge >= 0.3 is 6.03 Å². The maximum atomic E-state index is 12.3. The molecule has 1 fully saturated rings. The lowest BCUT2D eigenvalue weighted by Crippen LogP contribution is -2.53. The standard InChI is InChI=1S/C16H19N3O2S2/c20-15(14-4-2-12-23-14)18-7-9-19(10-8-18)16(21)17-6-5-13-3-1-11-22-13/h1-4,11-12H,5-10H2,(H,17,21). The number of nitrogens with one attached hydrogen (secondary N) is 1. The van der Waals surface area contributed by atoms with Crippen molar-refractivity contribution < 1.29 is 9.59 Å². The van der Waals surface area contributed by atoms with Gasteiger partial charge in [-0.2, -0.15) is 0 Å². The van der Waals surface area contributed by atoms with Gasteiger partial charge in [0.25, 0.3) is 5.91 Å². The van der Waals surface area contributed by atoms with E-state index in [0.717, 1.165) is 11.3 Å². The minimum Gasteiger partial charge on any atom is -0.338 e. The number of thiophene rings is 2. The molecule has 0 aliphatic carbocycles. The highest BCUT2D eigenvalue weighted by molar-refractivity contribution is 7.12. The Labute approximate surface area is 143 Å². The van der Waals surface area contributed by atoms with Gasteiger partial charge in [0.15, 0.2) is 0 Å². The van der Waals surface area contributed by atoms with Gasteiger partial charge in [0.1, 0.15) is 0 Å². The quantitative estimate of drug-likeness (QED) is 0.922. The summed E-state index contributed by atoms with van der Waals surface area (Å²) >= 11 is 3.16. The molecule has 1 N–H and O–H groups in total. The highest BCUT2D eigenvalue weighted by atomic mass is 32.1. The number of carbonyl (C=O) groups excluding carboxylic acids is 2. The van der Waals surface area contributed by atoms with Crippen molar-refractivity contribution in [3.63, 3.8) is 0 Å². The van der Waals surface area contributed by atoms with E-state index >= 15 is 0 Å². The Morgan fingerprint density at radius 2 is 1.70 bits per heavy atom. The highest BCUT2D eigenvalue weighted by Gasteiger charge is 2.24. The number of amides is 3. The van der Waals surface area contributed by atoms with Crippen molar-refractivity contribution >= 4 is 34.6 Å². The second kappa shape index (κ2) is 7.61. The summed E-state index contributed by atoms with van der Waals surface area (Å²) in [4.78, 5) is 30.1. The van der Waals surface area contributed by atoms with Gasteiger partial charge in [0.2, 0.25) is 0 Å². The SMILES string of the molecule is O=C(NCCc1cccs1)N1CCN(C(=O)c2cccs2)CC1. The van der Waals surface area contributed by atoms with E-state index in [2.05, 4.69) is 11.4 Å². The number of piperazine rings is 1. The van der Waals surface area contributed by atoms with Gasteiger partial charge in [-0.25, -0.2) is 4.79 Å².